The summed E-state index contributed by atoms with van der Waals surface area (Å²) < 4.78 is 9.57. The van der Waals surface area contributed by atoms with Gasteiger partial charge in [0, 0.05) is 5.69 Å². The third-order valence-corrected chi connectivity index (χ3v) is 3.05. The minimum Gasteiger partial charge on any atom is -0.465 e. The Morgan fingerprint density at radius 1 is 1.38 bits per heavy atom. The lowest BCUT2D eigenvalue weighted by atomic mass is 10.1. The molecule has 0 saturated carbocycles. The number of aryl methyl sites for hydroxylation is 2. The van der Waals surface area contributed by atoms with Crippen molar-refractivity contribution in [3.05, 3.63) is 28.3 Å². The number of ether oxygens (including phenoxy) is 1. The Balaban J connectivity index is 2.33. The van der Waals surface area contributed by atoms with Gasteiger partial charge in [-0.15, -0.1) is 0 Å². The smallest absolute Gasteiger partial charge is 0.339 e. The van der Waals surface area contributed by atoms with Gasteiger partial charge in [-0.2, -0.15) is 4.98 Å². The molecule has 2 aromatic rings. The van der Waals surface area contributed by atoms with E-state index in [9.17, 15) is 9.59 Å². The van der Waals surface area contributed by atoms with Crippen LogP contribution in [0.15, 0.2) is 4.52 Å². The van der Waals surface area contributed by atoms with Crippen LogP contribution in [-0.2, 0) is 11.2 Å². The molecule has 0 fully saturated rings. The maximum absolute atomic E-state index is 12.2. The summed E-state index contributed by atoms with van der Waals surface area (Å²) in [6.07, 6.45) is 0.568. The Morgan fingerprint density at radius 3 is 2.62 bits per heavy atom. The molecule has 0 aliphatic rings. The van der Waals surface area contributed by atoms with Crippen molar-refractivity contribution in [2.75, 3.05) is 12.4 Å². The second kappa shape index (κ2) is 5.78. The molecule has 2 aromatic heterocycles. The molecule has 0 aliphatic carbocycles. The zero-order chi connectivity index (χ0) is 15.6. The molecule has 2 heterocycles. The van der Waals surface area contributed by atoms with Crippen molar-refractivity contribution in [1.82, 2.24) is 15.1 Å². The van der Waals surface area contributed by atoms with Crippen molar-refractivity contribution in [2.45, 2.75) is 27.2 Å². The normalized spacial score (nSPS) is 10.5. The number of nitrogens with zero attached hydrogens (tertiary/aromatic N) is 2. The summed E-state index contributed by atoms with van der Waals surface area (Å²) in [6.45, 7) is 5.19. The third-order valence-electron chi connectivity index (χ3n) is 3.05. The lowest BCUT2D eigenvalue weighted by molar-refractivity contribution is 0.0599. The molecule has 0 spiro atoms. The SMILES string of the molecule is CCc1[nH]c(C(=O)Nc2nc(C)no2)c(C)c1C(=O)OC. The molecule has 0 bridgehead atoms. The molecule has 8 heteroatoms. The van der Waals surface area contributed by atoms with Gasteiger partial charge in [-0.25, -0.2) is 4.79 Å². The minimum absolute atomic E-state index is 0.00386. The van der Waals surface area contributed by atoms with E-state index >= 15 is 0 Å². The van der Waals surface area contributed by atoms with Crippen LogP contribution >= 0.6 is 0 Å². The summed E-state index contributed by atoms with van der Waals surface area (Å²) in [5.41, 5.74) is 1.81. The Morgan fingerprint density at radius 2 is 2.10 bits per heavy atom. The fourth-order valence-electron chi connectivity index (χ4n) is 2.04. The van der Waals surface area contributed by atoms with Crippen molar-refractivity contribution < 1.29 is 18.8 Å². The van der Waals surface area contributed by atoms with E-state index < -0.39 is 11.9 Å². The highest BCUT2D eigenvalue weighted by Crippen LogP contribution is 2.21. The summed E-state index contributed by atoms with van der Waals surface area (Å²) in [4.78, 5) is 30.8. The number of aromatic nitrogens is 3. The van der Waals surface area contributed by atoms with E-state index in [4.69, 9.17) is 9.26 Å². The third kappa shape index (κ3) is 2.78. The average molecular weight is 292 g/mol. The number of amides is 1. The summed E-state index contributed by atoms with van der Waals surface area (Å²) >= 11 is 0. The van der Waals surface area contributed by atoms with Crippen LogP contribution in [0.5, 0.6) is 0 Å². The Kier molecular flexibility index (Phi) is 4.06. The number of aromatic amines is 1. The number of carbonyl (C=O) groups is 2. The first-order valence-electron chi connectivity index (χ1n) is 6.39. The van der Waals surface area contributed by atoms with E-state index in [1.54, 1.807) is 13.8 Å². The van der Waals surface area contributed by atoms with Crippen LogP contribution in [0.4, 0.5) is 6.01 Å². The lowest BCUT2D eigenvalue weighted by Crippen LogP contribution is -2.14. The number of anilines is 1. The molecule has 8 nitrogen and oxygen atoms in total. The topological polar surface area (TPSA) is 110 Å². The summed E-state index contributed by atoms with van der Waals surface area (Å²) in [7, 11) is 1.30. The first-order valence-corrected chi connectivity index (χ1v) is 6.39. The van der Waals surface area contributed by atoms with Crippen molar-refractivity contribution in [2.24, 2.45) is 0 Å². The molecule has 2 N–H and O–H groups in total. The van der Waals surface area contributed by atoms with E-state index in [-0.39, 0.29) is 11.7 Å². The fraction of sp³-hybridized carbons (Fsp3) is 0.385. The highest BCUT2D eigenvalue weighted by molar-refractivity contribution is 6.06. The molecule has 112 valence electrons. The molecule has 0 atom stereocenters. The van der Waals surface area contributed by atoms with Gasteiger partial charge in [0.2, 0.25) is 0 Å². The summed E-state index contributed by atoms with van der Waals surface area (Å²) in [5, 5.41) is 6.06. The van der Waals surface area contributed by atoms with Crippen LogP contribution in [0, 0.1) is 13.8 Å². The number of esters is 1. The highest BCUT2D eigenvalue weighted by Gasteiger charge is 2.24. The molecular formula is C13H16N4O4. The number of rotatable bonds is 4. The minimum atomic E-state index is -0.478. The van der Waals surface area contributed by atoms with Gasteiger partial charge in [-0.05, 0) is 25.8 Å². The predicted molar refractivity (Wildman–Crippen MR) is 73.2 cm³/mol. The quantitative estimate of drug-likeness (QED) is 0.828. The average Bonchev–Trinajstić information content (AvgIpc) is 3.01. The number of hydrogen-bond donors (Lipinski definition) is 2. The first-order chi connectivity index (χ1) is 9.97. The van der Waals surface area contributed by atoms with Gasteiger partial charge in [-0.3, -0.25) is 10.1 Å². The van der Waals surface area contributed by atoms with Crippen molar-refractivity contribution >= 4 is 17.9 Å². The maximum Gasteiger partial charge on any atom is 0.339 e. The van der Waals surface area contributed by atoms with E-state index in [1.165, 1.54) is 7.11 Å². The molecule has 0 aliphatic heterocycles. The van der Waals surface area contributed by atoms with Gasteiger partial charge in [0.1, 0.15) is 5.69 Å². The molecule has 1 amide bonds. The van der Waals surface area contributed by atoms with Crippen LogP contribution < -0.4 is 5.32 Å². The number of H-pyrrole nitrogens is 1. The first kappa shape index (κ1) is 14.8. The van der Waals surface area contributed by atoms with E-state index in [0.717, 1.165) is 0 Å². The molecule has 21 heavy (non-hydrogen) atoms. The van der Waals surface area contributed by atoms with E-state index in [0.29, 0.717) is 29.1 Å². The van der Waals surface area contributed by atoms with Gasteiger partial charge < -0.3 is 14.2 Å². The van der Waals surface area contributed by atoms with Crippen LogP contribution in [0.2, 0.25) is 0 Å². The van der Waals surface area contributed by atoms with Gasteiger partial charge >= 0.3 is 12.0 Å². The van der Waals surface area contributed by atoms with Crippen LogP contribution in [0.3, 0.4) is 0 Å². The van der Waals surface area contributed by atoms with Gasteiger partial charge in [0.05, 0.1) is 12.7 Å². The standard InChI is InChI=1S/C13H16N4O4/c1-5-8-9(12(19)20-4)6(2)10(15-8)11(18)16-13-14-7(3)17-21-13/h15H,5H2,1-4H3,(H,14,16,17,18). The van der Waals surface area contributed by atoms with Crippen LogP contribution in [0.25, 0.3) is 0 Å². The zero-order valence-electron chi connectivity index (χ0n) is 12.2. The molecular weight excluding hydrogens is 276 g/mol. The second-order valence-electron chi connectivity index (χ2n) is 4.42. The summed E-state index contributed by atoms with van der Waals surface area (Å²) in [5.74, 6) is -0.521. The van der Waals surface area contributed by atoms with Gasteiger partial charge in [0.15, 0.2) is 5.82 Å². The van der Waals surface area contributed by atoms with Gasteiger partial charge in [0.25, 0.3) is 5.91 Å². The summed E-state index contributed by atoms with van der Waals surface area (Å²) in [6, 6.07) is 0.00386. The predicted octanol–water partition coefficient (Wildman–Crippen LogP) is 1.62. The molecule has 2 rings (SSSR count). The number of carbonyl (C=O) groups excluding carboxylic acids is 2. The Hall–Kier alpha value is -2.64. The zero-order valence-corrected chi connectivity index (χ0v) is 12.2. The van der Waals surface area contributed by atoms with E-state index in [1.807, 2.05) is 6.92 Å². The lowest BCUT2D eigenvalue weighted by Gasteiger charge is -2.01. The Labute approximate surface area is 120 Å². The largest absolute Gasteiger partial charge is 0.465 e. The second-order valence-corrected chi connectivity index (χ2v) is 4.42. The number of hydrogen-bond acceptors (Lipinski definition) is 6. The van der Waals surface area contributed by atoms with Crippen LogP contribution in [0.1, 0.15) is 44.9 Å². The van der Waals surface area contributed by atoms with Crippen molar-refractivity contribution in [1.29, 1.82) is 0 Å². The van der Waals surface area contributed by atoms with Crippen molar-refractivity contribution in [3.8, 4) is 0 Å². The molecule has 0 saturated heterocycles. The number of nitrogens with one attached hydrogen (secondary N) is 2. The highest BCUT2D eigenvalue weighted by atomic mass is 16.5. The fourth-order valence-corrected chi connectivity index (χ4v) is 2.04. The van der Waals surface area contributed by atoms with E-state index in [2.05, 4.69) is 20.4 Å². The number of methoxy groups -OCH3 is 1. The monoisotopic (exact) mass is 292 g/mol. The molecule has 0 unspecified atom stereocenters. The molecule has 0 radical (unpaired) electrons. The van der Waals surface area contributed by atoms with Crippen LogP contribution in [-0.4, -0.2) is 34.1 Å². The molecule has 0 aromatic carbocycles. The van der Waals surface area contributed by atoms with Crippen molar-refractivity contribution in [3.63, 3.8) is 0 Å². The Bertz CT molecular complexity index is 686. The maximum atomic E-state index is 12.2. The van der Waals surface area contributed by atoms with Gasteiger partial charge in [-0.1, -0.05) is 12.1 Å².